The van der Waals surface area contributed by atoms with Gasteiger partial charge < -0.3 is 5.73 Å². The van der Waals surface area contributed by atoms with Gasteiger partial charge in [0.05, 0.1) is 0 Å². The predicted octanol–water partition coefficient (Wildman–Crippen LogP) is 3.54. The summed E-state index contributed by atoms with van der Waals surface area (Å²) in [4.78, 5) is 0. The van der Waals surface area contributed by atoms with E-state index in [1.807, 2.05) is 0 Å². The van der Waals surface area contributed by atoms with Gasteiger partial charge in [-0.15, -0.1) is 0 Å². The van der Waals surface area contributed by atoms with Crippen molar-refractivity contribution in [2.24, 2.45) is 11.7 Å². The van der Waals surface area contributed by atoms with Gasteiger partial charge in [-0.1, -0.05) is 49.1 Å². The molecule has 2 fully saturated rings. The SMILES string of the molecule is Cc1ccc(C2(C3CCCCC3)C[C@H]2N)cc1. The molecule has 1 aromatic carbocycles. The normalized spacial score (nSPS) is 33.6. The Morgan fingerprint density at radius 3 is 2.18 bits per heavy atom. The number of aryl methyl sites for hydroxylation is 1. The summed E-state index contributed by atoms with van der Waals surface area (Å²) in [6.45, 7) is 2.16. The van der Waals surface area contributed by atoms with E-state index in [0.29, 0.717) is 11.5 Å². The van der Waals surface area contributed by atoms with Crippen LogP contribution < -0.4 is 5.73 Å². The second-order valence-electron chi connectivity index (χ2n) is 6.05. The molecule has 0 spiro atoms. The van der Waals surface area contributed by atoms with Gasteiger partial charge in [0.1, 0.15) is 0 Å². The zero-order chi connectivity index (χ0) is 11.9. The van der Waals surface area contributed by atoms with Crippen molar-refractivity contribution in [2.45, 2.75) is 56.9 Å². The van der Waals surface area contributed by atoms with Crippen molar-refractivity contribution in [1.29, 1.82) is 0 Å². The van der Waals surface area contributed by atoms with Crippen LogP contribution in [0.2, 0.25) is 0 Å². The van der Waals surface area contributed by atoms with E-state index in [2.05, 4.69) is 31.2 Å². The zero-order valence-electron chi connectivity index (χ0n) is 10.8. The fraction of sp³-hybridized carbons (Fsp3) is 0.625. The van der Waals surface area contributed by atoms with Crippen LogP contribution >= 0.6 is 0 Å². The van der Waals surface area contributed by atoms with Crippen LogP contribution in [0.5, 0.6) is 0 Å². The topological polar surface area (TPSA) is 26.0 Å². The molecule has 0 amide bonds. The van der Waals surface area contributed by atoms with Crippen molar-refractivity contribution in [1.82, 2.24) is 0 Å². The molecular weight excluding hydrogens is 206 g/mol. The lowest BCUT2D eigenvalue weighted by Crippen LogP contribution is -2.29. The van der Waals surface area contributed by atoms with Gasteiger partial charge in [0.15, 0.2) is 0 Å². The Kier molecular flexibility index (Phi) is 2.74. The van der Waals surface area contributed by atoms with E-state index >= 15 is 0 Å². The third-order valence-electron chi connectivity index (χ3n) is 4.98. The monoisotopic (exact) mass is 229 g/mol. The molecule has 2 N–H and O–H groups in total. The van der Waals surface area contributed by atoms with Crippen molar-refractivity contribution in [3.05, 3.63) is 35.4 Å². The summed E-state index contributed by atoms with van der Waals surface area (Å²) in [6, 6.07) is 9.53. The average Bonchev–Trinajstić information content (AvgIpc) is 3.04. The van der Waals surface area contributed by atoms with Crippen LogP contribution in [-0.2, 0) is 5.41 Å². The Hall–Kier alpha value is -0.820. The summed E-state index contributed by atoms with van der Waals surface area (Å²) < 4.78 is 0. The van der Waals surface area contributed by atoms with Gasteiger partial charge in [0, 0.05) is 11.5 Å². The molecule has 1 nitrogen and oxygen atoms in total. The van der Waals surface area contributed by atoms with Crippen molar-refractivity contribution in [3.63, 3.8) is 0 Å². The molecule has 0 saturated heterocycles. The van der Waals surface area contributed by atoms with Crippen LogP contribution in [0, 0.1) is 12.8 Å². The van der Waals surface area contributed by atoms with E-state index in [-0.39, 0.29) is 0 Å². The molecule has 0 aliphatic heterocycles. The molecule has 0 aromatic heterocycles. The maximum absolute atomic E-state index is 6.30. The molecule has 3 rings (SSSR count). The first-order chi connectivity index (χ1) is 8.23. The highest BCUT2D eigenvalue weighted by molar-refractivity contribution is 5.38. The van der Waals surface area contributed by atoms with E-state index in [0.717, 1.165) is 5.92 Å². The van der Waals surface area contributed by atoms with Crippen molar-refractivity contribution in [3.8, 4) is 0 Å². The van der Waals surface area contributed by atoms with Crippen LogP contribution in [0.25, 0.3) is 0 Å². The lowest BCUT2D eigenvalue weighted by Gasteiger charge is -2.31. The summed E-state index contributed by atoms with van der Waals surface area (Å²) in [5, 5.41) is 0. The van der Waals surface area contributed by atoms with Gasteiger partial charge in [-0.2, -0.15) is 0 Å². The molecular formula is C16H23N. The zero-order valence-corrected chi connectivity index (χ0v) is 10.8. The van der Waals surface area contributed by atoms with Crippen molar-refractivity contribution < 1.29 is 0 Å². The highest BCUT2D eigenvalue weighted by atomic mass is 14.8. The Balaban J connectivity index is 1.89. The third kappa shape index (κ3) is 1.81. The van der Waals surface area contributed by atoms with Crippen LogP contribution in [0.1, 0.15) is 49.7 Å². The molecule has 1 heteroatoms. The fourth-order valence-electron chi connectivity index (χ4n) is 3.82. The number of benzene rings is 1. The van der Waals surface area contributed by atoms with E-state index in [4.69, 9.17) is 5.73 Å². The molecule has 17 heavy (non-hydrogen) atoms. The minimum atomic E-state index is 0.341. The Labute approximate surface area is 104 Å². The molecule has 0 bridgehead atoms. The second-order valence-corrected chi connectivity index (χ2v) is 6.05. The second kappa shape index (κ2) is 4.13. The number of hydrogen-bond acceptors (Lipinski definition) is 1. The van der Waals surface area contributed by atoms with Gasteiger partial charge in [-0.25, -0.2) is 0 Å². The highest BCUT2D eigenvalue weighted by Crippen LogP contribution is 2.56. The van der Waals surface area contributed by atoms with Crippen molar-refractivity contribution >= 4 is 0 Å². The van der Waals surface area contributed by atoms with Crippen molar-refractivity contribution in [2.75, 3.05) is 0 Å². The Morgan fingerprint density at radius 1 is 1.06 bits per heavy atom. The van der Waals surface area contributed by atoms with E-state index in [1.54, 1.807) is 0 Å². The molecule has 0 radical (unpaired) electrons. The largest absolute Gasteiger partial charge is 0.327 e. The molecule has 0 heterocycles. The molecule has 1 aromatic rings. The standard InChI is InChI=1S/C16H23N/c1-12-7-9-14(10-8-12)16(11-15(16)17)13-5-3-2-4-6-13/h7-10,13,15H,2-6,11,17H2,1H3/t15-,16?/m1/s1. The minimum absolute atomic E-state index is 0.341. The van der Waals surface area contributed by atoms with Gasteiger partial charge in [0.25, 0.3) is 0 Å². The highest BCUT2D eigenvalue weighted by Gasteiger charge is 2.57. The quantitative estimate of drug-likeness (QED) is 0.824. The maximum Gasteiger partial charge on any atom is 0.0149 e. The lowest BCUT2D eigenvalue weighted by atomic mass is 9.73. The smallest absolute Gasteiger partial charge is 0.0149 e. The number of nitrogens with two attached hydrogens (primary N) is 1. The summed E-state index contributed by atoms with van der Waals surface area (Å²) in [7, 11) is 0. The van der Waals surface area contributed by atoms with Gasteiger partial charge in [-0.05, 0) is 37.7 Å². The molecule has 92 valence electrons. The predicted molar refractivity (Wildman–Crippen MR) is 72.0 cm³/mol. The summed E-state index contributed by atoms with van der Waals surface area (Å²) in [5.74, 6) is 0.842. The van der Waals surface area contributed by atoms with Gasteiger partial charge in [0.2, 0.25) is 0 Å². The third-order valence-corrected chi connectivity index (χ3v) is 4.98. The fourth-order valence-corrected chi connectivity index (χ4v) is 3.82. The Bertz CT molecular complexity index is 388. The van der Waals surface area contributed by atoms with Crippen LogP contribution in [0.15, 0.2) is 24.3 Å². The minimum Gasteiger partial charge on any atom is -0.327 e. The van der Waals surface area contributed by atoms with E-state index < -0.39 is 0 Å². The molecule has 2 aliphatic carbocycles. The maximum atomic E-state index is 6.30. The van der Waals surface area contributed by atoms with Crippen LogP contribution in [0.3, 0.4) is 0 Å². The average molecular weight is 229 g/mol. The van der Waals surface area contributed by atoms with Gasteiger partial charge in [-0.3, -0.25) is 0 Å². The van der Waals surface area contributed by atoms with E-state index in [9.17, 15) is 0 Å². The van der Waals surface area contributed by atoms with Crippen LogP contribution in [-0.4, -0.2) is 6.04 Å². The molecule has 2 aliphatic rings. The van der Waals surface area contributed by atoms with E-state index in [1.165, 1.54) is 49.7 Å². The molecule has 2 saturated carbocycles. The Morgan fingerprint density at radius 2 is 1.65 bits per heavy atom. The molecule has 2 atom stereocenters. The summed E-state index contributed by atoms with van der Waals surface area (Å²) in [5.41, 5.74) is 9.49. The van der Waals surface area contributed by atoms with Crippen LogP contribution in [0.4, 0.5) is 0 Å². The first-order valence-corrected chi connectivity index (χ1v) is 7.06. The first kappa shape index (κ1) is 11.3. The number of rotatable bonds is 2. The first-order valence-electron chi connectivity index (χ1n) is 7.06. The summed E-state index contributed by atoms with van der Waals surface area (Å²) in [6.07, 6.45) is 8.23. The van der Waals surface area contributed by atoms with Gasteiger partial charge >= 0.3 is 0 Å². The lowest BCUT2D eigenvalue weighted by molar-refractivity contribution is 0.284. The molecule has 1 unspecified atom stereocenters. The summed E-state index contributed by atoms with van der Waals surface area (Å²) >= 11 is 0. The number of hydrogen-bond donors (Lipinski definition) is 1.